The van der Waals surface area contributed by atoms with Gasteiger partial charge in [0.15, 0.2) is 0 Å². The van der Waals surface area contributed by atoms with E-state index < -0.39 is 344 Å². The Morgan fingerprint density at radius 3 is 0.535 bits per heavy atom. The molecule has 13 heterocycles. The molecule has 17 rings (SSSR count). The van der Waals surface area contributed by atoms with Gasteiger partial charge < -0.3 is 249 Å². The molecule has 7 aromatic rings. The molecule has 4 aromatic carbocycles. The first-order chi connectivity index (χ1) is 68.8. The number of aromatic amines is 2. The average molecular weight is 2040 g/mol. The van der Waals surface area contributed by atoms with E-state index in [1.165, 1.54) is 84.9 Å². The molecule has 3 aromatic heterocycles. The van der Waals surface area contributed by atoms with E-state index in [1.807, 2.05) is 0 Å². The van der Waals surface area contributed by atoms with Crippen LogP contribution in [0.3, 0.4) is 0 Å². The molecule has 34 N–H and O–H groups in total. The van der Waals surface area contributed by atoms with Gasteiger partial charge in [0.25, 0.3) is 0 Å². The smallest absolute Gasteiger partial charge is 0.229 e. The summed E-state index contributed by atoms with van der Waals surface area (Å²) in [5, 5.41) is 354. The molecule has 144 heavy (non-hydrogen) atoms. The standard InChI is InChI=1S/C92H112N4O48/c97-21-49-61(105)69(113)77(121)85(137-49)129-33-9-29(10-34(17-33)130-86-78(122)70(114)62(106)50(22-98)138-86)57-41-1-2-42(93-41)58(30-11-35(131-87-79(123)71(115)63(107)51(23-99)139-87)18-36(12-30)132-88-80(124)72(116)64(108)52(24-100)140-88)44-5-6-46(95-44)60(32-15-39(135-91-83(127)75(119)67(111)55(27-103)143-91)20-40(16-32)136-92-84(128)76(120)68(112)56(28-104)144-92)48-8-7-47(96-48)59(45-4-3-43(57)94-45)31-13-37(133-89-81(125)73(117)65(109)53(25-101)141-89)19-38(14-31)134-90-82(126)74(118)66(110)54(26-102)142-90/h1-6,9-20,49-56,61-92,94-95,97-128H,7-8,21-28H2. The lowest BCUT2D eigenvalue weighted by molar-refractivity contribution is -0.278. The highest BCUT2D eigenvalue weighted by atomic mass is 16.8. The minimum absolute atomic E-state index is 0.0101. The highest BCUT2D eigenvalue weighted by Crippen LogP contribution is 2.48. The number of nitrogens with one attached hydrogen (secondary N) is 2. The van der Waals surface area contributed by atoms with Gasteiger partial charge in [-0.3, -0.25) is 4.98 Å². The third kappa shape index (κ3) is 21.0. The van der Waals surface area contributed by atoms with Crippen molar-refractivity contribution in [1.29, 1.82) is 0 Å². The van der Waals surface area contributed by atoms with E-state index in [2.05, 4.69) is 9.97 Å². The molecule has 52 nitrogen and oxygen atoms in total. The first kappa shape index (κ1) is 106. The topological polar surface area (TPSA) is 852 Å². The predicted octanol–water partition coefficient (Wildman–Crippen LogP) is -11.6. The Balaban J connectivity index is 0.986. The van der Waals surface area contributed by atoms with Gasteiger partial charge in [0.05, 0.1) is 75.6 Å². The number of rotatable bonds is 28. The maximum absolute atomic E-state index is 11.6. The highest BCUT2D eigenvalue weighted by molar-refractivity contribution is 5.98. The summed E-state index contributed by atoms with van der Waals surface area (Å²) in [5.74, 6) is -3.21. The molecular formula is C92H112N4O48. The van der Waals surface area contributed by atoms with E-state index >= 15 is 0 Å². The third-order valence-corrected chi connectivity index (χ3v) is 26.5. The number of aliphatic hydroxyl groups excluding tert-OH is 32. The Morgan fingerprint density at radius 2 is 0.368 bits per heavy atom. The van der Waals surface area contributed by atoms with Crippen LogP contribution in [0.15, 0.2) is 97.1 Å². The third-order valence-electron chi connectivity index (χ3n) is 26.5. The Morgan fingerprint density at radius 1 is 0.208 bits per heavy atom. The van der Waals surface area contributed by atoms with Crippen LogP contribution in [-0.2, 0) is 50.7 Å². The van der Waals surface area contributed by atoms with Crippen LogP contribution in [0.4, 0.5) is 0 Å². The highest BCUT2D eigenvalue weighted by Gasteiger charge is 2.54. The lowest BCUT2D eigenvalue weighted by atomic mass is 9.98. The number of aryl methyl sites for hydroxylation is 2. The van der Waals surface area contributed by atoms with Crippen molar-refractivity contribution >= 4 is 34.2 Å². The number of aromatic nitrogens is 4. The SMILES string of the molecule is OCC1OC(Oc2cc(OC3OC(CO)C(O)C(O)C3O)cc(-c3c4nc(c(-c5cc(OC6OC(CO)C(O)C(O)C6O)cc(OC6OC(CO)C(O)C(O)C6O)c5)c5ccc([nH]5)c(-c5cc(OC6OC(CO)C(O)C(O)C6O)cc(OC6OC(CO)C(O)C(O)C6O)c5)c5nc(c(-c6cc(OC7OC(CO)C(O)C(O)C7O)cc(OC7OC(CO)C(O)C(O)C7O)c6)c6ccc3[nH]6)CC5)C=C4)c2)C(O)C(O)C1O. The summed E-state index contributed by atoms with van der Waals surface area (Å²) in [7, 11) is 0. The predicted molar refractivity (Wildman–Crippen MR) is 474 cm³/mol. The van der Waals surface area contributed by atoms with Gasteiger partial charge in [0.2, 0.25) is 50.3 Å². The van der Waals surface area contributed by atoms with Gasteiger partial charge >= 0.3 is 0 Å². The fourth-order valence-corrected chi connectivity index (χ4v) is 18.5. The second-order valence-electron chi connectivity index (χ2n) is 36.1. The molecule has 40 atom stereocenters. The fraction of sp³-hybridized carbons (Fsp3) is 0.543. The van der Waals surface area contributed by atoms with Gasteiger partial charge in [0.1, 0.15) is 241 Å². The number of hydrogen-bond acceptors (Lipinski definition) is 50. The zero-order valence-electron chi connectivity index (χ0n) is 75.3. The minimum atomic E-state index is -2.13. The molecule has 40 unspecified atom stereocenters. The summed E-state index contributed by atoms with van der Waals surface area (Å²) in [6, 6.07) is 20.8. The molecule has 0 saturated carbocycles. The maximum atomic E-state index is 11.6. The number of benzene rings is 4. The Bertz CT molecular complexity index is 5250. The number of H-pyrrole nitrogens is 2. The Hall–Kier alpha value is -9.46. The first-order valence-electron chi connectivity index (χ1n) is 45.7. The monoisotopic (exact) mass is 2040 g/mol. The van der Waals surface area contributed by atoms with Crippen molar-refractivity contribution in [2.75, 3.05) is 52.9 Å². The molecule has 10 aliphatic rings. The maximum Gasteiger partial charge on any atom is 0.229 e. The summed E-state index contributed by atoms with van der Waals surface area (Å²) >= 11 is 0. The van der Waals surface area contributed by atoms with Crippen molar-refractivity contribution in [3.63, 3.8) is 0 Å². The van der Waals surface area contributed by atoms with Crippen LogP contribution in [0.25, 0.3) is 78.7 Å². The van der Waals surface area contributed by atoms with Crippen molar-refractivity contribution < 1.29 is 239 Å². The molecule has 0 spiro atoms. The quantitative estimate of drug-likeness (QED) is 0.0216. The van der Waals surface area contributed by atoms with Crippen LogP contribution in [0, 0.1) is 0 Å². The lowest BCUT2D eigenvalue weighted by Crippen LogP contribution is -2.60. The Labute approximate surface area is 811 Å². The first-order valence-corrected chi connectivity index (χ1v) is 45.7. The number of ether oxygens (including phenoxy) is 16. The molecule has 8 fully saturated rings. The van der Waals surface area contributed by atoms with Crippen molar-refractivity contribution in [2.45, 2.75) is 258 Å². The van der Waals surface area contributed by atoms with Crippen molar-refractivity contribution in [1.82, 2.24) is 19.9 Å². The number of aliphatic hydroxyl groups is 32. The van der Waals surface area contributed by atoms with Crippen LogP contribution in [0.5, 0.6) is 46.0 Å². The summed E-state index contributed by atoms with van der Waals surface area (Å²) in [5.41, 5.74) is -0.884. The van der Waals surface area contributed by atoms with E-state index in [9.17, 15) is 163 Å². The lowest BCUT2D eigenvalue weighted by Gasteiger charge is -2.40. The zero-order valence-corrected chi connectivity index (χ0v) is 75.3. The molecule has 52 heteroatoms. The van der Waals surface area contributed by atoms with Crippen LogP contribution >= 0.6 is 0 Å². The van der Waals surface area contributed by atoms with Crippen LogP contribution in [0.1, 0.15) is 22.8 Å². The Kier molecular flexibility index (Phi) is 32.5. The van der Waals surface area contributed by atoms with E-state index in [0.29, 0.717) is 0 Å². The fourth-order valence-electron chi connectivity index (χ4n) is 18.5. The van der Waals surface area contributed by atoms with Crippen molar-refractivity contribution in [2.24, 2.45) is 0 Å². The van der Waals surface area contributed by atoms with Crippen LogP contribution < -0.4 is 37.9 Å². The van der Waals surface area contributed by atoms with E-state index in [-0.39, 0.29) is 102 Å². The van der Waals surface area contributed by atoms with E-state index in [0.717, 1.165) is 24.3 Å². The van der Waals surface area contributed by atoms with Gasteiger partial charge in [-0.05, 0) is 120 Å². The van der Waals surface area contributed by atoms with Crippen LogP contribution in [-0.4, -0.2) is 482 Å². The molecule has 0 radical (unpaired) electrons. The van der Waals surface area contributed by atoms with Gasteiger partial charge in [-0.1, -0.05) is 0 Å². The van der Waals surface area contributed by atoms with Crippen LogP contribution in [0.2, 0.25) is 0 Å². The molecule has 8 bridgehead atoms. The van der Waals surface area contributed by atoms with E-state index in [1.54, 1.807) is 0 Å². The second kappa shape index (κ2) is 44.1. The number of fused-ring (bicyclic) bond motifs is 8. The average Bonchev–Trinajstić information content (AvgIpc) is 1.62. The summed E-state index contributed by atoms with van der Waals surface area (Å²) in [6.07, 6.45) is -75.4. The van der Waals surface area contributed by atoms with Gasteiger partial charge in [-0.2, -0.15) is 0 Å². The van der Waals surface area contributed by atoms with Gasteiger partial charge in [0, 0.05) is 68.6 Å². The van der Waals surface area contributed by atoms with Crippen molar-refractivity contribution in [3.05, 3.63) is 120 Å². The molecular weight excluding hydrogens is 1930 g/mol. The molecule has 8 saturated heterocycles. The minimum Gasteiger partial charge on any atom is -0.462 e. The molecule has 788 valence electrons. The summed E-state index contributed by atoms with van der Waals surface area (Å²) in [4.78, 5) is 17.7. The van der Waals surface area contributed by atoms with Gasteiger partial charge in [-0.25, -0.2) is 4.98 Å². The normalized spacial score (nSPS) is 37.8. The zero-order chi connectivity index (χ0) is 103. The second-order valence-corrected chi connectivity index (χ2v) is 36.1. The largest absolute Gasteiger partial charge is 0.462 e. The van der Waals surface area contributed by atoms with Crippen molar-refractivity contribution in [3.8, 4) is 90.5 Å². The molecule has 10 aliphatic heterocycles. The summed E-state index contributed by atoms with van der Waals surface area (Å²) in [6.45, 7) is -7.66. The van der Waals surface area contributed by atoms with E-state index in [4.69, 9.17) is 85.8 Å². The number of hydrogen-bond donors (Lipinski definition) is 34. The van der Waals surface area contributed by atoms with Gasteiger partial charge in [-0.15, -0.1) is 0 Å². The molecule has 0 aliphatic carbocycles. The summed E-state index contributed by atoms with van der Waals surface area (Å²) < 4.78 is 97.6. The number of nitrogens with zero attached hydrogens (tertiary/aromatic N) is 2. The molecule has 0 amide bonds.